The molecule has 3 unspecified atom stereocenters. The van der Waals surface area contributed by atoms with Crippen molar-refractivity contribution in [3.05, 3.63) is 101 Å². The molecule has 0 saturated carbocycles. The zero-order valence-corrected chi connectivity index (χ0v) is 30.1. The molecular weight excluding hydrogens is 636 g/mol. The molecule has 11 heteroatoms. The van der Waals surface area contributed by atoms with Gasteiger partial charge in [0.05, 0.1) is 6.07 Å². The van der Waals surface area contributed by atoms with E-state index in [-0.39, 0.29) is 18.6 Å². The van der Waals surface area contributed by atoms with E-state index in [9.17, 15) is 29.5 Å². The maximum atomic E-state index is 14.6. The summed E-state index contributed by atoms with van der Waals surface area (Å²) in [7, 11) is 0. The van der Waals surface area contributed by atoms with Gasteiger partial charge >= 0.3 is 12.1 Å². The van der Waals surface area contributed by atoms with Crippen LogP contribution in [0.4, 0.5) is 4.79 Å². The number of carbonyl (C=O) groups is 4. The van der Waals surface area contributed by atoms with E-state index in [1.165, 1.54) is 12.1 Å². The maximum absolute atomic E-state index is 14.6. The molecule has 11 nitrogen and oxygen atoms in total. The average molecular weight is 685 g/mol. The molecule has 3 amide bonds. The van der Waals surface area contributed by atoms with Gasteiger partial charge in [-0.1, -0.05) is 60.7 Å². The number of phenolic OH excluding ortho intramolecular Hbond substituents is 1. The molecule has 0 radical (unpaired) electrons. The van der Waals surface area contributed by atoms with Gasteiger partial charge in [0.15, 0.2) is 0 Å². The summed E-state index contributed by atoms with van der Waals surface area (Å²) >= 11 is 0. The van der Waals surface area contributed by atoms with Gasteiger partial charge in [0.2, 0.25) is 11.8 Å². The first kappa shape index (κ1) is 39.1. The third-order valence-electron chi connectivity index (χ3n) is 7.59. The Bertz CT molecular complexity index is 1690. The van der Waals surface area contributed by atoms with E-state index in [4.69, 9.17) is 9.47 Å². The van der Waals surface area contributed by atoms with Crippen molar-refractivity contribution in [2.75, 3.05) is 6.54 Å². The van der Waals surface area contributed by atoms with Crippen LogP contribution in [-0.2, 0) is 36.7 Å². The number of benzene rings is 3. The number of carbonyl (C=O) groups excluding carboxylic acids is 4. The van der Waals surface area contributed by atoms with Crippen LogP contribution >= 0.6 is 0 Å². The average Bonchev–Trinajstić information content (AvgIpc) is 3.01. The number of ether oxygens (including phenoxy) is 2. The molecule has 0 saturated heterocycles. The van der Waals surface area contributed by atoms with Gasteiger partial charge in [0, 0.05) is 12.8 Å². The Balaban J connectivity index is 2.12. The molecule has 0 aliphatic heterocycles. The number of alkyl carbamates (subject to hydrolysis) is 1. The zero-order valence-electron chi connectivity index (χ0n) is 30.1. The van der Waals surface area contributed by atoms with Crippen molar-refractivity contribution in [1.82, 2.24) is 15.5 Å². The lowest BCUT2D eigenvalue weighted by molar-refractivity contribution is -0.159. The topological polar surface area (TPSA) is 158 Å². The monoisotopic (exact) mass is 684 g/mol. The van der Waals surface area contributed by atoms with Crippen molar-refractivity contribution in [2.24, 2.45) is 0 Å². The molecule has 3 aromatic carbocycles. The summed E-state index contributed by atoms with van der Waals surface area (Å²) in [5.41, 5.74) is 1.82. The second kappa shape index (κ2) is 16.8. The fourth-order valence-electron chi connectivity index (χ4n) is 5.16. The van der Waals surface area contributed by atoms with E-state index in [1.54, 1.807) is 65.8 Å². The lowest BCUT2D eigenvalue weighted by Gasteiger charge is -2.34. The maximum Gasteiger partial charge on any atom is 0.408 e. The van der Waals surface area contributed by atoms with Crippen LogP contribution < -0.4 is 10.6 Å². The van der Waals surface area contributed by atoms with Crippen LogP contribution in [0.25, 0.3) is 0 Å². The Kier molecular flexibility index (Phi) is 13.2. The molecular formula is C39H48N4O7. The second-order valence-electron chi connectivity index (χ2n) is 14.2. The van der Waals surface area contributed by atoms with Crippen molar-refractivity contribution in [3.8, 4) is 11.8 Å². The molecule has 0 fully saturated rings. The van der Waals surface area contributed by atoms with Crippen LogP contribution in [0.2, 0.25) is 0 Å². The minimum atomic E-state index is -1.38. The van der Waals surface area contributed by atoms with Gasteiger partial charge in [-0.25, -0.2) is 9.59 Å². The molecule has 0 aliphatic rings. The van der Waals surface area contributed by atoms with Crippen molar-refractivity contribution < 1.29 is 33.8 Å². The Hall–Kier alpha value is -5.37. The third-order valence-corrected chi connectivity index (χ3v) is 7.59. The van der Waals surface area contributed by atoms with Gasteiger partial charge < -0.3 is 30.1 Å². The first-order chi connectivity index (χ1) is 23.4. The van der Waals surface area contributed by atoms with Crippen LogP contribution in [0, 0.1) is 25.2 Å². The van der Waals surface area contributed by atoms with Crippen molar-refractivity contribution >= 4 is 23.9 Å². The van der Waals surface area contributed by atoms with Crippen molar-refractivity contribution in [2.45, 2.75) is 97.6 Å². The van der Waals surface area contributed by atoms with Gasteiger partial charge in [-0.05, 0) is 95.3 Å². The predicted molar refractivity (Wildman–Crippen MR) is 189 cm³/mol. The highest BCUT2D eigenvalue weighted by atomic mass is 16.6. The van der Waals surface area contributed by atoms with Crippen molar-refractivity contribution in [3.63, 3.8) is 0 Å². The fraction of sp³-hybridized carbons (Fsp3) is 0.410. The van der Waals surface area contributed by atoms with Gasteiger partial charge in [-0.2, -0.15) is 5.26 Å². The first-order valence-corrected chi connectivity index (χ1v) is 16.5. The lowest BCUT2D eigenvalue weighted by atomic mass is 9.96. The third kappa shape index (κ3) is 11.9. The highest BCUT2D eigenvalue weighted by Gasteiger charge is 2.38. The standard InChI is InChI=1S/C39H48N4O7/c1-25-14-17-29(22-26(25)2)33(34(45)41-32(36(47)49-38(3,4)5)24-27-12-10-9-11-13-27)43(21-20-40)35(46)31(42-37(48)50-39(6,7)8)23-28-15-18-30(44)19-16-28/h9-19,22,31-33,44H,21,23-24H2,1-8H3,(H,41,45)(H,42,48). The Labute approximate surface area is 294 Å². The summed E-state index contributed by atoms with van der Waals surface area (Å²) in [4.78, 5) is 56.7. The number of aromatic hydroxyl groups is 1. The summed E-state index contributed by atoms with van der Waals surface area (Å²) < 4.78 is 11.1. The molecule has 3 rings (SSSR count). The smallest absolute Gasteiger partial charge is 0.408 e. The highest BCUT2D eigenvalue weighted by Crippen LogP contribution is 2.26. The summed E-state index contributed by atoms with van der Waals surface area (Å²) in [6, 6.07) is 18.7. The normalized spacial score (nSPS) is 13.2. The molecule has 0 aliphatic carbocycles. The molecule has 50 heavy (non-hydrogen) atoms. The predicted octanol–water partition coefficient (Wildman–Crippen LogP) is 5.61. The molecule has 3 N–H and O–H groups in total. The number of rotatable bonds is 12. The number of amides is 3. The summed E-state index contributed by atoms with van der Waals surface area (Å²) in [6.45, 7) is 13.5. The van der Waals surface area contributed by atoms with Crippen LogP contribution in [0.1, 0.15) is 75.4 Å². The SMILES string of the molecule is Cc1ccc(C(C(=O)NC(Cc2ccccc2)C(=O)OC(C)(C)C)N(CC#N)C(=O)C(Cc2ccc(O)cc2)NC(=O)OC(C)(C)C)cc1C. The number of nitrogens with zero attached hydrogens (tertiary/aromatic N) is 2. The molecule has 0 heterocycles. The first-order valence-electron chi connectivity index (χ1n) is 16.5. The van der Waals surface area contributed by atoms with E-state index in [0.717, 1.165) is 21.6 Å². The fourth-order valence-corrected chi connectivity index (χ4v) is 5.16. The minimum absolute atomic E-state index is 0.0179. The molecule has 3 atom stereocenters. The molecule has 0 aromatic heterocycles. The highest BCUT2D eigenvalue weighted by molar-refractivity contribution is 5.94. The van der Waals surface area contributed by atoms with Crippen LogP contribution in [0.5, 0.6) is 5.75 Å². The number of phenols is 1. The zero-order chi connectivity index (χ0) is 37.2. The van der Waals surface area contributed by atoms with E-state index in [0.29, 0.717) is 11.1 Å². The van der Waals surface area contributed by atoms with Crippen molar-refractivity contribution in [1.29, 1.82) is 5.26 Å². The largest absolute Gasteiger partial charge is 0.508 e. The van der Waals surface area contributed by atoms with Gasteiger partial charge in [-0.15, -0.1) is 0 Å². The Morgan fingerprint density at radius 3 is 1.92 bits per heavy atom. The molecule has 266 valence electrons. The van der Waals surface area contributed by atoms with E-state index in [2.05, 4.69) is 10.6 Å². The van der Waals surface area contributed by atoms with Gasteiger partial charge in [-0.3, -0.25) is 9.59 Å². The molecule has 0 bridgehead atoms. The van der Waals surface area contributed by atoms with Crippen LogP contribution in [0.15, 0.2) is 72.8 Å². The Morgan fingerprint density at radius 1 is 0.780 bits per heavy atom. The number of hydrogen-bond donors (Lipinski definition) is 3. The minimum Gasteiger partial charge on any atom is -0.508 e. The summed E-state index contributed by atoms with van der Waals surface area (Å²) in [6.07, 6.45) is -0.806. The van der Waals surface area contributed by atoms with Crippen LogP contribution in [0.3, 0.4) is 0 Å². The Morgan fingerprint density at radius 2 is 1.36 bits per heavy atom. The molecule has 0 spiro atoms. The summed E-state index contributed by atoms with van der Waals surface area (Å²) in [5, 5.41) is 25.3. The number of esters is 1. The lowest BCUT2D eigenvalue weighted by Crippen LogP contribution is -2.55. The van der Waals surface area contributed by atoms with E-state index >= 15 is 0 Å². The molecule has 3 aromatic rings. The number of nitriles is 1. The number of hydrogen-bond acceptors (Lipinski definition) is 8. The van der Waals surface area contributed by atoms with E-state index in [1.807, 2.05) is 56.3 Å². The summed E-state index contributed by atoms with van der Waals surface area (Å²) in [5.74, 6) is -2.10. The van der Waals surface area contributed by atoms with Gasteiger partial charge in [0.25, 0.3) is 0 Å². The second-order valence-corrected chi connectivity index (χ2v) is 14.2. The number of aryl methyl sites for hydroxylation is 2. The quantitative estimate of drug-likeness (QED) is 0.164. The van der Waals surface area contributed by atoms with E-state index < -0.39 is 59.7 Å². The van der Waals surface area contributed by atoms with Gasteiger partial charge in [0.1, 0.15) is 41.6 Å². The number of nitrogens with one attached hydrogen (secondary N) is 2. The van der Waals surface area contributed by atoms with Crippen LogP contribution in [-0.4, -0.2) is 63.7 Å².